The van der Waals surface area contributed by atoms with Crippen LogP contribution in [0.5, 0.6) is 5.75 Å². The Labute approximate surface area is 190 Å². The summed E-state index contributed by atoms with van der Waals surface area (Å²) in [5.74, 6) is -0.600. The van der Waals surface area contributed by atoms with Crippen molar-refractivity contribution in [2.75, 3.05) is 19.0 Å². The van der Waals surface area contributed by atoms with Crippen molar-refractivity contribution in [2.45, 2.75) is 32.7 Å². The minimum Gasteiger partial charge on any atom is -0.497 e. The number of aromatic nitrogens is 2. The van der Waals surface area contributed by atoms with E-state index in [9.17, 15) is 14.0 Å². The van der Waals surface area contributed by atoms with Gasteiger partial charge in [0.05, 0.1) is 12.7 Å². The monoisotopic (exact) mass is 456 g/mol. The lowest BCUT2D eigenvalue weighted by molar-refractivity contribution is -0.116. The van der Waals surface area contributed by atoms with Crippen molar-refractivity contribution in [3.05, 3.63) is 59.9 Å². The minimum atomic E-state index is -0.575. The summed E-state index contributed by atoms with van der Waals surface area (Å²) in [6.45, 7) is 3.98. The molecule has 0 aliphatic rings. The average molecular weight is 457 g/mol. The van der Waals surface area contributed by atoms with E-state index in [0.717, 1.165) is 5.56 Å². The van der Waals surface area contributed by atoms with Crippen molar-refractivity contribution in [1.29, 1.82) is 0 Å². The van der Waals surface area contributed by atoms with Crippen LogP contribution in [-0.2, 0) is 4.79 Å². The van der Waals surface area contributed by atoms with Gasteiger partial charge in [0.1, 0.15) is 16.6 Å². The van der Waals surface area contributed by atoms with Crippen LogP contribution in [0.25, 0.3) is 10.6 Å². The molecule has 3 rings (SSSR count). The molecule has 0 spiro atoms. The zero-order valence-electron chi connectivity index (χ0n) is 18.2. The predicted molar refractivity (Wildman–Crippen MR) is 122 cm³/mol. The second-order valence-corrected chi connectivity index (χ2v) is 8.16. The highest BCUT2D eigenvalue weighted by Crippen LogP contribution is 2.28. The van der Waals surface area contributed by atoms with Crippen molar-refractivity contribution in [1.82, 2.24) is 15.1 Å². The first-order valence-electron chi connectivity index (χ1n) is 10.3. The summed E-state index contributed by atoms with van der Waals surface area (Å²) in [6.07, 6.45) is 0.737. The van der Waals surface area contributed by atoms with Gasteiger partial charge in [-0.2, -0.15) is 0 Å². The molecule has 0 bridgehead atoms. The van der Waals surface area contributed by atoms with Gasteiger partial charge in [0.25, 0.3) is 5.91 Å². The van der Waals surface area contributed by atoms with E-state index in [0.29, 0.717) is 22.3 Å². The van der Waals surface area contributed by atoms with E-state index in [1.165, 1.54) is 34.4 Å². The van der Waals surface area contributed by atoms with Crippen molar-refractivity contribution in [3.8, 4) is 16.3 Å². The van der Waals surface area contributed by atoms with Crippen LogP contribution in [0, 0.1) is 5.82 Å². The van der Waals surface area contributed by atoms with Crippen LogP contribution in [0.1, 0.15) is 37.0 Å². The Kier molecular flexibility index (Phi) is 7.88. The number of hydrogen-bond donors (Lipinski definition) is 1. The third-order valence-electron chi connectivity index (χ3n) is 5.06. The van der Waals surface area contributed by atoms with Crippen molar-refractivity contribution >= 4 is 28.3 Å². The molecule has 7 nitrogen and oxygen atoms in total. The summed E-state index contributed by atoms with van der Waals surface area (Å²) in [5, 5.41) is 11.9. The number of methoxy groups -OCH3 is 1. The van der Waals surface area contributed by atoms with Crippen molar-refractivity contribution in [2.24, 2.45) is 0 Å². The fraction of sp³-hybridized carbons (Fsp3) is 0.304. The Morgan fingerprint density at radius 3 is 2.69 bits per heavy atom. The van der Waals surface area contributed by atoms with Crippen LogP contribution in [0.3, 0.4) is 0 Å². The summed E-state index contributed by atoms with van der Waals surface area (Å²) in [5.41, 5.74) is 0.834. The second kappa shape index (κ2) is 10.8. The van der Waals surface area contributed by atoms with E-state index < -0.39 is 11.7 Å². The first kappa shape index (κ1) is 23.3. The maximum Gasteiger partial charge on any atom is 0.257 e. The predicted octanol–water partition coefficient (Wildman–Crippen LogP) is 4.62. The number of halogens is 1. The number of amides is 2. The fourth-order valence-electron chi connectivity index (χ4n) is 3.08. The Hall–Kier alpha value is -3.33. The zero-order chi connectivity index (χ0) is 23.1. The SMILES string of the molecule is CC[C@@H](C)N(CCC(=O)Nc1nnc(-c2cccc(OC)c2)s1)C(=O)c1ccccc1F. The molecule has 1 atom stereocenters. The zero-order valence-corrected chi connectivity index (χ0v) is 19.0. The molecular formula is C23H25FN4O3S. The number of rotatable bonds is 9. The largest absolute Gasteiger partial charge is 0.497 e. The highest BCUT2D eigenvalue weighted by molar-refractivity contribution is 7.18. The number of nitrogens with zero attached hydrogens (tertiary/aromatic N) is 3. The average Bonchev–Trinajstić information content (AvgIpc) is 3.27. The van der Waals surface area contributed by atoms with E-state index in [1.54, 1.807) is 13.2 Å². The quantitative estimate of drug-likeness (QED) is 0.508. The Balaban J connectivity index is 1.64. The summed E-state index contributed by atoms with van der Waals surface area (Å²) >= 11 is 1.24. The standard InChI is InChI=1S/C23H25FN4O3S/c1-4-15(2)28(22(30)18-10-5-6-11-19(18)24)13-12-20(29)25-23-27-26-21(32-23)16-8-7-9-17(14-16)31-3/h5-11,14-15H,4,12-13H2,1-3H3,(H,25,27,29)/t15-/m1/s1. The van der Waals surface area contributed by atoms with Crippen LogP contribution in [0.4, 0.5) is 9.52 Å². The number of carbonyl (C=O) groups is 2. The molecule has 1 heterocycles. The molecule has 0 saturated heterocycles. The number of nitrogens with one attached hydrogen (secondary N) is 1. The molecule has 1 N–H and O–H groups in total. The highest BCUT2D eigenvalue weighted by atomic mass is 32.1. The van der Waals surface area contributed by atoms with Crippen LogP contribution in [-0.4, -0.2) is 46.6 Å². The fourth-order valence-corrected chi connectivity index (χ4v) is 3.84. The Morgan fingerprint density at radius 1 is 1.19 bits per heavy atom. The van der Waals surface area contributed by atoms with Crippen LogP contribution in [0.15, 0.2) is 48.5 Å². The minimum absolute atomic E-state index is 0.000243. The second-order valence-electron chi connectivity index (χ2n) is 7.18. The smallest absolute Gasteiger partial charge is 0.257 e. The van der Waals surface area contributed by atoms with Gasteiger partial charge in [0, 0.05) is 24.6 Å². The number of carbonyl (C=O) groups excluding carboxylic acids is 2. The molecule has 0 aliphatic carbocycles. The molecule has 0 radical (unpaired) electrons. The molecule has 0 unspecified atom stereocenters. The van der Waals surface area contributed by atoms with Crippen LogP contribution < -0.4 is 10.1 Å². The van der Waals surface area contributed by atoms with Gasteiger partial charge in [-0.05, 0) is 37.6 Å². The molecule has 0 aliphatic heterocycles. The molecule has 3 aromatic rings. The Morgan fingerprint density at radius 2 is 1.97 bits per heavy atom. The third kappa shape index (κ3) is 5.67. The molecule has 2 amide bonds. The molecule has 0 fully saturated rings. The summed E-state index contributed by atoms with van der Waals surface area (Å²) < 4.78 is 19.3. The maximum atomic E-state index is 14.1. The third-order valence-corrected chi connectivity index (χ3v) is 5.94. The van der Waals surface area contributed by atoms with Gasteiger partial charge in [0.2, 0.25) is 11.0 Å². The molecule has 32 heavy (non-hydrogen) atoms. The summed E-state index contributed by atoms with van der Waals surface area (Å²) in [6, 6.07) is 13.1. The number of anilines is 1. The van der Waals surface area contributed by atoms with Crippen molar-refractivity contribution < 1.29 is 18.7 Å². The molecular weight excluding hydrogens is 431 g/mol. The number of ether oxygens (including phenoxy) is 1. The van der Waals surface area contributed by atoms with Crippen LogP contribution >= 0.6 is 11.3 Å². The normalized spacial score (nSPS) is 11.6. The van der Waals surface area contributed by atoms with Gasteiger partial charge in [-0.25, -0.2) is 4.39 Å². The maximum absolute atomic E-state index is 14.1. The molecule has 9 heteroatoms. The van der Waals surface area contributed by atoms with Gasteiger partial charge in [0.15, 0.2) is 0 Å². The lowest BCUT2D eigenvalue weighted by Crippen LogP contribution is -2.40. The molecule has 1 aromatic heterocycles. The Bertz CT molecular complexity index is 1090. The number of hydrogen-bond acceptors (Lipinski definition) is 6. The summed E-state index contributed by atoms with van der Waals surface area (Å²) in [4.78, 5) is 26.9. The number of benzene rings is 2. The van der Waals surface area contributed by atoms with Crippen LogP contribution in [0.2, 0.25) is 0 Å². The first-order chi connectivity index (χ1) is 15.4. The lowest BCUT2D eigenvalue weighted by atomic mass is 10.1. The van der Waals surface area contributed by atoms with Gasteiger partial charge in [-0.3, -0.25) is 9.59 Å². The summed E-state index contributed by atoms with van der Waals surface area (Å²) in [7, 11) is 1.59. The lowest BCUT2D eigenvalue weighted by Gasteiger charge is -2.28. The van der Waals surface area contributed by atoms with E-state index in [1.807, 2.05) is 38.1 Å². The van der Waals surface area contributed by atoms with E-state index in [4.69, 9.17) is 4.74 Å². The van der Waals surface area contributed by atoms with E-state index in [2.05, 4.69) is 15.5 Å². The first-order valence-corrected chi connectivity index (χ1v) is 11.1. The van der Waals surface area contributed by atoms with Gasteiger partial charge < -0.3 is 15.0 Å². The highest BCUT2D eigenvalue weighted by Gasteiger charge is 2.23. The molecule has 0 saturated carbocycles. The topological polar surface area (TPSA) is 84.4 Å². The van der Waals surface area contributed by atoms with Gasteiger partial charge in [-0.15, -0.1) is 10.2 Å². The van der Waals surface area contributed by atoms with E-state index >= 15 is 0 Å². The van der Waals surface area contributed by atoms with Gasteiger partial charge >= 0.3 is 0 Å². The molecule has 2 aromatic carbocycles. The van der Waals surface area contributed by atoms with Gasteiger partial charge in [-0.1, -0.05) is 42.5 Å². The van der Waals surface area contributed by atoms with E-state index in [-0.39, 0.29) is 30.5 Å². The van der Waals surface area contributed by atoms with Crippen molar-refractivity contribution in [3.63, 3.8) is 0 Å². The molecule has 168 valence electrons.